The highest BCUT2D eigenvalue weighted by atomic mass is 19.1. The molecule has 3 aromatic carbocycles. The van der Waals surface area contributed by atoms with Crippen molar-refractivity contribution < 1.29 is 23.4 Å². The molecule has 1 heterocycles. The zero-order valence-corrected chi connectivity index (χ0v) is 16.9. The first kappa shape index (κ1) is 20.3. The smallest absolute Gasteiger partial charge is 0.363 e. The van der Waals surface area contributed by atoms with Crippen LogP contribution in [0.4, 0.5) is 4.39 Å². The largest absolute Gasteiger partial charge is 0.490 e. The minimum atomic E-state index is -0.511. The van der Waals surface area contributed by atoms with Crippen LogP contribution in [0.25, 0.3) is 6.08 Å². The molecule has 0 amide bonds. The Morgan fingerprint density at radius 2 is 1.81 bits per heavy atom. The fourth-order valence-electron chi connectivity index (χ4n) is 3.06. The molecule has 1 aliphatic heterocycles. The monoisotopic (exact) mass is 417 g/mol. The summed E-state index contributed by atoms with van der Waals surface area (Å²) in [7, 11) is 0. The molecule has 156 valence electrons. The van der Waals surface area contributed by atoms with Crippen molar-refractivity contribution in [2.75, 3.05) is 6.61 Å². The first-order valence-corrected chi connectivity index (χ1v) is 9.84. The lowest BCUT2D eigenvalue weighted by atomic mass is 10.1. The van der Waals surface area contributed by atoms with Crippen LogP contribution in [0, 0.1) is 5.82 Å². The lowest BCUT2D eigenvalue weighted by Gasteiger charge is -2.13. The molecular formula is C25H20FNO4. The third-order valence-electron chi connectivity index (χ3n) is 4.50. The molecule has 0 unspecified atom stereocenters. The molecule has 0 saturated heterocycles. The zero-order chi connectivity index (χ0) is 21.6. The van der Waals surface area contributed by atoms with E-state index in [2.05, 4.69) is 4.99 Å². The molecule has 31 heavy (non-hydrogen) atoms. The van der Waals surface area contributed by atoms with E-state index in [-0.39, 0.29) is 24.0 Å². The Hall–Kier alpha value is -3.93. The minimum Gasteiger partial charge on any atom is -0.490 e. The van der Waals surface area contributed by atoms with Crippen LogP contribution in [0.5, 0.6) is 11.5 Å². The number of carbonyl (C=O) groups is 1. The van der Waals surface area contributed by atoms with Gasteiger partial charge in [0.25, 0.3) is 0 Å². The summed E-state index contributed by atoms with van der Waals surface area (Å²) >= 11 is 0. The van der Waals surface area contributed by atoms with Crippen LogP contribution in [0.3, 0.4) is 0 Å². The lowest BCUT2D eigenvalue weighted by Crippen LogP contribution is -2.05. The first-order chi connectivity index (χ1) is 15.1. The SMILES string of the molecule is CCOc1cc(/C=C2\N=C(c3ccccc3)OC2=O)ccc1OCc1cccc(F)c1. The number of hydrogen-bond acceptors (Lipinski definition) is 5. The maximum absolute atomic E-state index is 13.4. The highest BCUT2D eigenvalue weighted by Crippen LogP contribution is 2.31. The number of ether oxygens (including phenoxy) is 3. The number of benzene rings is 3. The Bertz CT molecular complexity index is 1160. The molecular weight excluding hydrogens is 397 g/mol. The fraction of sp³-hybridized carbons (Fsp3) is 0.120. The normalized spacial score (nSPS) is 14.3. The van der Waals surface area contributed by atoms with Gasteiger partial charge in [0.1, 0.15) is 12.4 Å². The van der Waals surface area contributed by atoms with Crippen molar-refractivity contribution >= 4 is 17.9 Å². The molecule has 0 radical (unpaired) electrons. The van der Waals surface area contributed by atoms with Gasteiger partial charge in [0.05, 0.1) is 6.61 Å². The number of halogens is 1. The van der Waals surface area contributed by atoms with Gasteiger partial charge in [-0.1, -0.05) is 36.4 Å². The van der Waals surface area contributed by atoms with E-state index in [0.717, 1.165) is 5.56 Å². The molecule has 3 aromatic rings. The quantitative estimate of drug-likeness (QED) is 0.394. The van der Waals surface area contributed by atoms with Crippen molar-refractivity contribution in [2.45, 2.75) is 13.5 Å². The van der Waals surface area contributed by atoms with E-state index in [9.17, 15) is 9.18 Å². The highest BCUT2D eigenvalue weighted by Gasteiger charge is 2.24. The lowest BCUT2D eigenvalue weighted by molar-refractivity contribution is -0.129. The fourth-order valence-corrected chi connectivity index (χ4v) is 3.06. The van der Waals surface area contributed by atoms with Gasteiger partial charge in [-0.15, -0.1) is 0 Å². The maximum atomic E-state index is 13.4. The van der Waals surface area contributed by atoms with E-state index >= 15 is 0 Å². The summed E-state index contributed by atoms with van der Waals surface area (Å²) in [6.45, 7) is 2.51. The molecule has 1 aliphatic rings. The summed E-state index contributed by atoms with van der Waals surface area (Å²) in [5.74, 6) is 0.495. The van der Waals surface area contributed by atoms with E-state index in [0.29, 0.717) is 29.2 Å². The Labute approximate surface area is 179 Å². The molecule has 0 spiro atoms. The van der Waals surface area contributed by atoms with Gasteiger partial charge >= 0.3 is 5.97 Å². The van der Waals surface area contributed by atoms with Gasteiger partial charge in [0.2, 0.25) is 5.90 Å². The summed E-state index contributed by atoms with van der Waals surface area (Å²) in [5, 5.41) is 0. The molecule has 0 saturated carbocycles. The van der Waals surface area contributed by atoms with Crippen molar-refractivity contribution in [3.05, 3.63) is 101 Å². The highest BCUT2D eigenvalue weighted by molar-refractivity contribution is 6.12. The Balaban J connectivity index is 1.56. The van der Waals surface area contributed by atoms with Gasteiger partial charge < -0.3 is 14.2 Å². The van der Waals surface area contributed by atoms with Crippen molar-refractivity contribution in [3.63, 3.8) is 0 Å². The van der Waals surface area contributed by atoms with E-state index in [1.165, 1.54) is 12.1 Å². The van der Waals surface area contributed by atoms with Crippen molar-refractivity contribution in [1.29, 1.82) is 0 Å². The average molecular weight is 417 g/mol. The van der Waals surface area contributed by atoms with Gasteiger partial charge in [-0.2, -0.15) is 0 Å². The Kier molecular flexibility index (Phi) is 6.08. The predicted octanol–water partition coefficient (Wildman–Crippen LogP) is 5.15. The van der Waals surface area contributed by atoms with Crippen molar-refractivity contribution in [1.82, 2.24) is 0 Å². The number of esters is 1. The van der Waals surface area contributed by atoms with E-state index in [1.54, 1.807) is 36.4 Å². The standard InChI is InChI=1S/C25H20FNO4/c1-2-29-23-15-17(11-12-22(23)30-16-18-7-6-10-20(26)13-18)14-21-25(28)31-24(27-21)19-8-4-3-5-9-19/h3-15H,2,16H2,1H3/b21-14-. The van der Waals surface area contributed by atoms with Gasteiger partial charge in [-0.3, -0.25) is 0 Å². The molecule has 0 N–H and O–H groups in total. The van der Waals surface area contributed by atoms with Crippen LogP contribution in [0.15, 0.2) is 83.5 Å². The van der Waals surface area contributed by atoms with Crippen LogP contribution >= 0.6 is 0 Å². The van der Waals surface area contributed by atoms with Gasteiger partial charge in [0, 0.05) is 5.56 Å². The molecule has 5 nitrogen and oxygen atoms in total. The van der Waals surface area contributed by atoms with Crippen molar-refractivity contribution in [2.24, 2.45) is 4.99 Å². The second-order valence-corrected chi connectivity index (χ2v) is 6.76. The topological polar surface area (TPSA) is 57.1 Å². The van der Waals surface area contributed by atoms with Gasteiger partial charge in [-0.25, -0.2) is 14.2 Å². The summed E-state index contributed by atoms with van der Waals surface area (Å²) in [4.78, 5) is 16.6. The van der Waals surface area contributed by atoms with Crippen LogP contribution in [-0.2, 0) is 16.1 Å². The Morgan fingerprint density at radius 1 is 0.968 bits per heavy atom. The van der Waals surface area contributed by atoms with Crippen LogP contribution < -0.4 is 9.47 Å². The number of cyclic esters (lactones) is 1. The second kappa shape index (κ2) is 9.26. The third-order valence-corrected chi connectivity index (χ3v) is 4.50. The average Bonchev–Trinajstić information content (AvgIpc) is 3.14. The van der Waals surface area contributed by atoms with Gasteiger partial charge in [-0.05, 0) is 60.5 Å². The maximum Gasteiger partial charge on any atom is 0.363 e. The molecule has 0 aromatic heterocycles. The van der Waals surface area contributed by atoms with Gasteiger partial charge in [0.15, 0.2) is 17.2 Å². The molecule has 6 heteroatoms. The van der Waals surface area contributed by atoms with E-state index < -0.39 is 5.97 Å². The molecule has 0 fully saturated rings. The zero-order valence-electron chi connectivity index (χ0n) is 16.9. The predicted molar refractivity (Wildman–Crippen MR) is 115 cm³/mol. The summed E-state index contributed by atoms with van der Waals surface area (Å²) in [6.07, 6.45) is 1.64. The van der Waals surface area contributed by atoms with E-state index in [1.807, 2.05) is 37.3 Å². The second-order valence-electron chi connectivity index (χ2n) is 6.76. The van der Waals surface area contributed by atoms with E-state index in [4.69, 9.17) is 14.2 Å². The summed E-state index contributed by atoms with van der Waals surface area (Å²) in [5.41, 5.74) is 2.36. The third kappa shape index (κ3) is 4.98. The molecule has 0 atom stereocenters. The van der Waals surface area contributed by atoms with Crippen molar-refractivity contribution in [3.8, 4) is 11.5 Å². The number of hydrogen-bond donors (Lipinski definition) is 0. The minimum absolute atomic E-state index is 0.203. The molecule has 0 aliphatic carbocycles. The first-order valence-electron chi connectivity index (χ1n) is 9.84. The summed E-state index contributed by atoms with van der Waals surface area (Å²) < 4.78 is 30.2. The number of carbonyl (C=O) groups excluding carboxylic acids is 1. The van der Waals surface area contributed by atoms with Crippen LogP contribution in [-0.4, -0.2) is 18.5 Å². The molecule has 0 bridgehead atoms. The van der Waals surface area contributed by atoms with Crippen LogP contribution in [0.2, 0.25) is 0 Å². The number of nitrogens with zero attached hydrogens (tertiary/aromatic N) is 1. The Morgan fingerprint density at radius 3 is 2.58 bits per heavy atom. The number of aliphatic imine (C=N–C) groups is 1. The number of rotatable bonds is 7. The summed E-state index contributed by atoms with van der Waals surface area (Å²) in [6, 6.07) is 20.8. The molecule has 4 rings (SSSR count). The van der Waals surface area contributed by atoms with Crippen LogP contribution in [0.1, 0.15) is 23.6 Å².